The van der Waals surface area contributed by atoms with Gasteiger partial charge in [0.2, 0.25) is 0 Å². The molecule has 0 heterocycles. The summed E-state index contributed by atoms with van der Waals surface area (Å²) in [5.74, 6) is -0.971. The zero-order chi connectivity index (χ0) is 43.0. The molecule has 0 aliphatic heterocycles. The van der Waals surface area contributed by atoms with Gasteiger partial charge in [0.15, 0.2) is 6.10 Å². The Morgan fingerprint density at radius 2 is 0.627 bits per heavy atom. The molecule has 0 N–H and O–H groups in total. The van der Waals surface area contributed by atoms with Crippen LogP contribution in [0.3, 0.4) is 0 Å². The zero-order valence-electron chi connectivity index (χ0n) is 38.8. The molecule has 0 rings (SSSR count). The Bertz CT molecular complexity index is 1090. The average Bonchev–Trinajstić information content (AvgIpc) is 3.23. The highest BCUT2D eigenvalue weighted by molar-refractivity contribution is 5.71. The summed E-state index contributed by atoms with van der Waals surface area (Å²) in [6.45, 7) is 6.51. The van der Waals surface area contributed by atoms with Gasteiger partial charge < -0.3 is 14.2 Å². The molecule has 0 amide bonds. The molecule has 0 aliphatic rings. The topological polar surface area (TPSA) is 78.9 Å². The molecule has 0 aromatic heterocycles. The first kappa shape index (κ1) is 56.1. The average molecular weight is 825 g/mol. The molecule has 6 nitrogen and oxygen atoms in total. The third kappa shape index (κ3) is 46.0. The summed E-state index contributed by atoms with van der Waals surface area (Å²) in [4.78, 5) is 37.8. The molecule has 0 bridgehead atoms. The van der Waals surface area contributed by atoms with Crippen molar-refractivity contribution in [1.82, 2.24) is 0 Å². The highest BCUT2D eigenvalue weighted by Crippen LogP contribution is 2.13. The number of esters is 3. The van der Waals surface area contributed by atoms with Crippen molar-refractivity contribution in [2.45, 2.75) is 245 Å². The summed E-state index contributed by atoms with van der Waals surface area (Å²) < 4.78 is 16.7. The molecule has 0 spiro atoms. The summed E-state index contributed by atoms with van der Waals surface area (Å²) >= 11 is 0. The van der Waals surface area contributed by atoms with E-state index in [2.05, 4.69) is 81.5 Å². The van der Waals surface area contributed by atoms with Gasteiger partial charge in [-0.1, -0.05) is 191 Å². The van der Waals surface area contributed by atoms with Gasteiger partial charge >= 0.3 is 17.9 Å². The number of ether oxygens (including phenoxy) is 3. The van der Waals surface area contributed by atoms with Crippen LogP contribution in [0.25, 0.3) is 0 Å². The van der Waals surface area contributed by atoms with Crippen LogP contribution in [0.4, 0.5) is 0 Å². The minimum Gasteiger partial charge on any atom is -0.462 e. The Morgan fingerprint density at radius 3 is 1.00 bits per heavy atom. The molecule has 1 unspecified atom stereocenters. The molecule has 0 saturated carbocycles. The van der Waals surface area contributed by atoms with E-state index >= 15 is 0 Å². The second kappa shape index (κ2) is 47.8. The van der Waals surface area contributed by atoms with Gasteiger partial charge in [0.1, 0.15) is 13.2 Å². The fourth-order valence-electron chi connectivity index (χ4n) is 6.70. The van der Waals surface area contributed by atoms with Crippen LogP contribution in [0.1, 0.15) is 239 Å². The Balaban J connectivity index is 4.46. The quantitative estimate of drug-likeness (QED) is 0.0200. The molecule has 0 aromatic carbocycles. The monoisotopic (exact) mass is 825 g/mol. The van der Waals surface area contributed by atoms with E-state index in [1.165, 1.54) is 103 Å². The number of allylic oxidation sites excluding steroid dienone is 10. The van der Waals surface area contributed by atoms with Crippen molar-refractivity contribution in [2.24, 2.45) is 0 Å². The fourth-order valence-corrected chi connectivity index (χ4v) is 6.70. The van der Waals surface area contributed by atoms with Gasteiger partial charge in [-0.15, -0.1) is 0 Å². The Labute approximate surface area is 364 Å². The van der Waals surface area contributed by atoms with E-state index in [0.29, 0.717) is 19.3 Å². The van der Waals surface area contributed by atoms with Crippen molar-refractivity contribution in [3.8, 4) is 0 Å². The molecule has 0 aromatic rings. The highest BCUT2D eigenvalue weighted by atomic mass is 16.6. The minimum atomic E-state index is -0.801. The largest absolute Gasteiger partial charge is 0.462 e. The van der Waals surface area contributed by atoms with E-state index in [0.717, 1.165) is 96.3 Å². The van der Waals surface area contributed by atoms with Crippen molar-refractivity contribution in [3.05, 3.63) is 60.8 Å². The van der Waals surface area contributed by atoms with Gasteiger partial charge in [-0.2, -0.15) is 0 Å². The van der Waals surface area contributed by atoms with Crippen molar-refractivity contribution in [3.63, 3.8) is 0 Å². The van der Waals surface area contributed by atoms with E-state index in [1.54, 1.807) is 0 Å². The number of unbranched alkanes of at least 4 members (excludes halogenated alkanes) is 25. The number of rotatable bonds is 44. The standard InChI is InChI=1S/C53H92O6/c1-4-7-10-13-16-19-22-24-26-27-29-31-34-37-40-43-46-52(55)58-49-50(48-57-51(54)45-42-39-36-33-30-21-18-15-12-9-6-3)59-53(56)47-44-41-38-35-32-28-25-23-20-17-14-11-8-5-2/h15,18,21,26-32,50H,4-14,16-17,19-20,22-25,33-49H2,1-3H3/b18-15-,27-26-,30-21-,31-29-,32-28-. The molecule has 1 atom stereocenters. The van der Waals surface area contributed by atoms with Crippen LogP contribution in [0.2, 0.25) is 0 Å². The van der Waals surface area contributed by atoms with Gasteiger partial charge in [0, 0.05) is 19.3 Å². The maximum atomic E-state index is 12.7. The summed E-state index contributed by atoms with van der Waals surface area (Å²) in [6, 6.07) is 0. The van der Waals surface area contributed by atoms with Crippen LogP contribution in [0, 0.1) is 0 Å². The third-order valence-electron chi connectivity index (χ3n) is 10.5. The van der Waals surface area contributed by atoms with E-state index in [4.69, 9.17) is 14.2 Å². The first-order valence-corrected chi connectivity index (χ1v) is 24.8. The molecule has 0 fully saturated rings. The predicted molar refractivity (Wildman–Crippen MR) is 251 cm³/mol. The lowest BCUT2D eigenvalue weighted by atomic mass is 10.1. The minimum absolute atomic E-state index is 0.103. The van der Waals surface area contributed by atoms with E-state index in [1.807, 2.05) is 0 Å². The molecule has 0 radical (unpaired) electrons. The maximum Gasteiger partial charge on any atom is 0.306 e. The number of hydrogen-bond acceptors (Lipinski definition) is 6. The highest BCUT2D eigenvalue weighted by Gasteiger charge is 2.19. The summed E-state index contributed by atoms with van der Waals surface area (Å²) in [7, 11) is 0. The molecular weight excluding hydrogens is 733 g/mol. The normalized spacial score (nSPS) is 12.5. The lowest BCUT2D eigenvalue weighted by Gasteiger charge is -2.18. The zero-order valence-corrected chi connectivity index (χ0v) is 38.8. The maximum absolute atomic E-state index is 12.7. The first-order valence-electron chi connectivity index (χ1n) is 24.8. The molecule has 59 heavy (non-hydrogen) atoms. The lowest BCUT2D eigenvalue weighted by Crippen LogP contribution is -2.30. The lowest BCUT2D eigenvalue weighted by molar-refractivity contribution is -0.167. The van der Waals surface area contributed by atoms with Crippen molar-refractivity contribution < 1.29 is 28.6 Å². The number of hydrogen-bond donors (Lipinski definition) is 0. The van der Waals surface area contributed by atoms with E-state index in [9.17, 15) is 14.4 Å². The van der Waals surface area contributed by atoms with Crippen LogP contribution < -0.4 is 0 Å². The molecular formula is C53H92O6. The molecule has 0 aliphatic carbocycles. The van der Waals surface area contributed by atoms with Gasteiger partial charge in [-0.25, -0.2) is 0 Å². The van der Waals surface area contributed by atoms with E-state index in [-0.39, 0.29) is 31.1 Å². The van der Waals surface area contributed by atoms with Gasteiger partial charge in [-0.05, 0) is 89.9 Å². The Morgan fingerprint density at radius 1 is 0.339 bits per heavy atom. The first-order chi connectivity index (χ1) is 29.0. The van der Waals surface area contributed by atoms with Gasteiger partial charge in [-0.3, -0.25) is 14.4 Å². The van der Waals surface area contributed by atoms with Crippen molar-refractivity contribution >= 4 is 17.9 Å². The third-order valence-corrected chi connectivity index (χ3v) is 10.5. The second-order valence-corrected chi connectivity index (χ2v) is 16.4. The summed E-state index contributed by atoms with van der Waals surface area (Å²) in [6.07, 6.45) is 57.8. The smallest absolute Gasteiger partial charge is 0.306 e. The number of carbonyl (C=O) groups excluding carboxylic acids is 3. The van der Waals surface area contributed by atoms with Crippen LogP contribution in [-0.2, 0) is 28.6 Å². The van der Waals surface area contributed by atoms with Gasteiger partial charge in [0.05, 0.1) is 0 Å². The molecule has 0 saturated heterocycles. The number of carbonyl (C=O) groups is 3. The fraction of sp³-hybridized carbons (Fsp3) is 0.755. The second-order valence-electron chi connectivity index (χ2n) is 16.4. The Kier molecular flexibility index (Phi) is 45.4. The predicted octanol–water partition coefficient (Wildman–Crippen LogP) is 16.1. The van der Waals surface area contributed by atoms with Crippen LogP contribution >= 0.6 is 0 Å². The SMILES string of the molecule is CCCC/C=C\C=C/CCCCCC(=O)OCC(COC(=O)CCCCC/C=C\C=C/CCCCCCCCC)OC(=O)CCCCC/C=C\CCCCCCCCC. The van der Waals surface area contributed by atoms with Gasteiger partial charge in [0.25, 0.3) is 0 Å². The van der Waals surface area contributed by atoms with Crippen LogP contribution in [0.5, 0.6) is 0 Å². The van der Waals surface area contributed by atoms with Crippen molar-refractivity contribution in [1.29, 1.82) is 0 Å². The van der Waals surface area contributed by atoms with Crippen LogP contribution in [0.15, 0.2) is 60.8 Å². The van der Waals surface area contributed by atoms with Crippen molar-refractivity contribution in [2.75, 3.05) is 13.2 Å². The Hall–Kier alpha value is -2.89. The summed E-state index contributed by atoms with van der Waals surface area (Å²) in [5.41, 5.74) is 0. The molecule has 340 valence electrons. The van der Waals surface area contributed by atoms with Crippen LogP contribution in [-0.4, -0.2) is 37.2 Å². The summed E-state index contributed by atoms with van der Waals surface area (Å²) in [5, 5.41) is 0. The van der Waals surface area contributed by atoms with E-state index < -0.39 is 6.10 Å². The molecule has 6 heteroatoms.